The average molecular weight is 472 g/mol. The topological polar surface area (TPSA) is 84.7 Å². The highest BCUT2D eigenvalue weighted by Gasteiger charge is 2.30. The number of alkyl halides is 3. The second-order valence-electron chi connectivity index (χ2n) is 7.32. The minimum atomic E-state index is -4.56. The standard InChI is InChI=1S/C24H23F3N4O3/c1-4-34-21-10-8-20(9-11-21)31-15(2)12-17(16(31)3)14-28-30-23(33)22(32)29-19-7-5-6-18(13-19)24(25,26)27/h5-14H,4H2,1-3H3,(H,29,32)(H,30,33)/b28-14-. The van der Waals surface area contributed by atoms with E-state index in [1.807, 2.05) is 55.7 Å². The summed E-state index contributed by atoms with van der Waals surface area (Å²) in [6.07, 6.45) is -3.17. The number of carbonyl (C=O) groups is 2. The molecule has 0 aliphatic carbocycles. The first-order chi connectivity index (χ1) is 16.1. The Kier molecular flexibility index (Phi) is 7.40. The average Bonchev–Trinajstić information content (AvgIpc) is 3.07. The first-order valence-corrected chi connectivity index (χ1v) is 10.3. The molecule has 34 heavy (non-hydrogen) atoms. The molecule has 0 unspecified atom stereocenters. The van der Waals surface area contributed by atoms with Crippen molar-refractivity contribution in [3.63, 3.8) is 0 Å². The number of ether oxygens (including phenoxy) is 1. The number of amides is 2. The molecule has 0 fully saturated rings. The molecule has 0 spiro atoms. The molecule has 2 amide bonds. The molecule has 2 aromatic carbocycles. The number of benzene rings is 2. The molecule has 178 valence electrons. The zero-order valence-corrected chi connectivity index (χ0v) is 18.7. The van der Waals surface area contributed by atoms with Gasteiger partial charge in [-0.25, -0.2) is 5.43 Å². The van der Waals surface area contributed by atoms with Crippen molar-refractivity contribution < 1.29 is 27.5 Å². The van der Waals surface area contributed by atoms with E-state index < -0.39 is 23.6 Å². The van der Waals surface area contributed by atoms with E-state index in [1.54, 1.807) is 0 Å². The monoisotopic (exact) mass is 472 g/mol. The van der Waals surface area contributed by atoms with Gasteiger partial charge < -0.3 is 14.6 Å². The van der Waals surface area contributed by atoms with Gasteiger partial charge in [-0.15, -0.1) is 0 Å². The van der Waals surface area contributed by atoms with Gasteiger partial charge in [0.15, 0.2) is 0 Å². The van der Waals surface area contributed by atoms with E-state index in [9.17, 15) is 22.8 Å². The molecular formula is C24H23F3N4O3. The number of nitrogens with zero attached hydrogens (tertiary/aromatic N) is 2. The normalized spacial score (nSPS) is 11.5. The number of hydrazone groups is 1. The summed E-state index contributed by atoms with van der Waals surface area (Å²) < 4.78 is 45.8. The second-order valence-corrected chi connectivity index (χ2v) is 7.32. The third-order valence-electron chi connectivity index (χ3n) is 4.90. The molecule has 0 saturated carbocycles. The highest BCUT2D eigenvalue weighted by molar-refractivity contribution is 6.39. The lowest BCUT2D eigenvalue weighted by atomic mass is 10.2. The van der Waals surface area contributed by atoms with Gasteiger partial charge in [0.25, 0.3) is 0 Å². The van der Waals surface area contributed by atoms with Crippen LogP contribution < -0.4 is 15.5 Å². The molecule has 3 aromatic rings. The fourth-order valence-corrected chi connectivity index (χ4v) is 3.35. The van der Waals surface area contributed by atoms with Crippen molar-refractivity contribution in [3.05, 3.63) is 77.1 Å². The van der Waals surface area contributed by atoms with Crippen molar-refractivity contribution in [2.45, 2.75) is 26.9 Å². The number of rotatable bonds is 6. The number of hydrogen-bond acceptors (Lipinski definition) is 4. The van der Waals surface area contributed by atoms with Crippen LogP contribution in [0.4, 0.5) is 18.9 Å². The fraction of sp³-hybridized carbons (Fsp3) is 0.208. The van der Waals surface area contributed by atoms with Gasteiger partial charge in [0, 0.05) is 28.3 Å². The number of halogens is 3. The lowest BCUT2D eigenvalue weighted by molar-refractivity contribution is -0.137. The van der Waals surface area contributed by atoms with Crippen molar-refractivity contribution in [2.75, 3.05) is 11.9 Å². The molecule has 10 heteroatoms. The summed E-state index contributed by atoms with van der Waals surface area (Å²) in [7, 11) is 0. The number of aromatic nitrogens is 1. The Morgan fingerprint density at radius 3 is 2.41 bits per heavy atom. The summed E-state index contributed by atoms with van der Waals surface area (Å²) in [6, 6.07) is 13.4. The van der Waals surface area contributed by atoms with Crippen LogP contribution in [-0.4, -0.2) is 29.2 Å². The van der Waals surface area contributed by atoms with E-state index >= 15 is 0 Å². The summed E-state index contributed by atoms with van der Waals surface area (Å²) in [4.78, 5) is 24.0. The van der Waals surface area contributed by atoms with E-state index in [0.717, 1.165) is 41.0 Å². The smallest absolute Gasteiger partial charge is 0.416 e. The van der Waals surface area contributed by atoms with Crippen LogP contribution >= 0.6 is 0 Å². The molecule has 0 radical (unpaired) electrons. The zero-order chi connectivity index (χ0) is 24.9. The van der Waals surface area contributed by atoms with Crippen molar-refractivity contribution in [3.8, 4) is 11.4 Å². The molecule has 0 bridgehead atoms. The maximum absolute atomic E-state index is 12.8. The number of carbonyl (C=O) groups excluding carboxylic acids is 2. The van der Waals surface area contributed by atoms with E-state index in [2.05, 4.69) is 15.8 Å². The number of aryl methyl sites for hydroxylation is 1. The minimum absolute atomic E-state index is 0.155. The maximum atomic E-state index is 12.8. The Labute approximate surface area is 194 Å². The summed E-state index contributed by atoms with van der Waals surface area (Å²) in [5.74, 6) is -1.49. The zero-order valence-electron chi connectivity index (χ0n) is 18.7. The molecule has 0 aliphatic heterocycles. The molecule has 1 aromatic heterocycles. The van der Waals surface area contributed by atoms with E-state index in [0.29, 0.717) is 12.2 Å². The Balaban J connectivity index is 1.65. The van der Waals surface area contributed by atoms with Crippen LogP contribution in [0.2, 0.25) is 0 Å². The maximum Gasteiger partial charge on any atom is 0.416 e. The molecule has 2 N–H and O–H groups in total. The molecule has 0 saturated heterocycles. The van der Waals surface area contributed by atoms with Gasteiger partial charge in [-0.3, -0.25) is 9.59 Å². The Morgan fingerprint density at radius 2 is 1.76 bits per heavy atom. The van der Waals surface area contributed by atoms with Crippen LogP contribution in [-0.2, 0) is 15.8 Å². The second kappa shape index (κ2) is 10.2. The summed E-state index contributed by atoms with van der Waals surface area (Å²) in [5, 5.41) is 5.93. The van der Waals surface area contributed by atoms with Gasteiger partial charge in [0.1, 0.15) is 5.75 Å². The van der Waals surface area contributed by atoms with Crippen molar-refractivity contribution >= 4 is 23.7 Å². The van der Waals surface area contributed by atoms with E-state index in [4.69, 9.17) is 4.74 Å². The predicted molar refractivity (Wildman–Crippen MR) is 122 cm³/mol. The van der Waals surface area contributed by atoms with Crippen LogP contribution in [0.5, 0.6) is 5.75 Å². The van der Waals surface area contributed by atoms with Gasteiger partial charge >= 0.3 is 18.0 Å². The largest absolute Gasteiger partial charge is 0.494 e. The van der Waals surface area contributed by atoms with Crippen molar-refractivity contribution in [1.82, 2.24) is 9.99 Å². The lowest BCUT2D eigenvalue weighted by Gasteiger charge is -2.11. The van der Waals surface area contributed by atoms with Crippen LogP contribution in [0, 0.1) is 13.8 Å². The Hall–Kier alpha value is -4.08. The number of anilines is 1. The van der Waals surface area contributed by atoms with Crippen molar-refractivity contribution in [2.24, 2.45) is 5.10 Å². The van der Waals surface area contributed by atoms with Gasteiger partial charge in [-0.1, -0.05) is 6.07 Å². The summed E-state index contributed by atoms with van der Waals surface area (Å²) in [5.41, 5.74) is 4.40. The molecule has 1 heterocycles. The third-order valence-corrected chi connectivity index (χ3v) is 4.90. The number of hydrogen-bond donors (Lipinski definition) is 2. The van der Waals surface area contributed by atoms with Crippen LogP contribution in [0.1, 0.15) is 29.4 Å². The highest BCUT2D eigenvalue weighted by atomic mass is 19.4. The molecule has 0 atom stereocenters. The highest BCUT2D eigenvalue weighted by Crippen LogP contribution is 2.30. The van der Waals surface area contributed by atoms with Gasteiger partial charge in [-0.2, -0.15) is 18.3 Å². The Bertz CT molecular complexity index is 1220. The van der Waals surface area contributed by atoms with E-state index in [-0.39, 0.29) is 5.69 Å². The van der Waals surface area contributed by atoms with Gasteiger partial charge in [0.2, 0.25) is 0 Å². The van der Waals surface area contributed by atoms with E-state index in [1.165, 1.54) is 12.3 Å². The molecule has 3 rings (SSSR count). The SMILES string of the molecule is CCOc1ccc(-n2c(C)cc(/C=N\NC(=O)C(=O)Nc3cccc(C(F)(F)F)c3)c2C)cc1. The quantitative estimate of drug-likeness (QED) is 0.312. The predicted octanol–water partition coefficient (Wildman–Crippen LogP) is 4.60. The first-order valence-electron chi connectivity index (χ1n) is 10.3. The summed E-state index contributed by atoms with van der Waals surface area (Å²) in [6.45, 7) is 6.29. The molecule has 0 aliphatic rings. The lowest BCUT2D eigenvalue weighted by Crippen LogP contribution is -2.32. The molecular weight excluding hydrogens is 449 g/mol. The molecule has 7 nitrogen and oxygen atoms in total. The van der Waals surface area contributed by atoms with Crippen LogP contribution in [0.25, 0.3) is 5.69 Å². The number of nitrogens with one attached hydrogen (secondary N) is 2. The van der Waals surface area contributed by atoms with Crippen LogP contribution in [0.3, 0.4) is 0 Å². The van der Waals surface area contributed by atoms with Gasteiger partial charge in [-0.05, 0) is 69.3 Å². The van der Waals surface area contributed by atoms with Gasteiger partial charge in [0.05, 0.1) is 18.4 Å². The van der Waals surface area contributed by atoms with Crippen LogP contribution in [0.15, 0.2) is 59.7 Å². The fourth-order valence-electron chi connectivity index (χ4n) is 3.35. The Morgan fingerprint density at radius 1 is 1.06 bits per heavy atom. The minimum Gasteiger partial charge on any atom is -0.494 e. The third kappa shape index (κ3) is 5.83. The first kappa shape index (κ1) is 24.6. The van der Waals surface area contributed by atoms with Crippen molar-refractivity contribution in [1.29, 1.82) is 0 Å². The summed E-state index contributed by atoms with van der Waals surface area (Å²) >= 11 is 0.